The van der Waals surface area contributed by atoms with Gasteiger partial charge in [0.15, 0.2) is 5.58 Å². The molecule has 172 valence electrons. The Labute approximate surface area is 202 Å². The number of hydrogen-bond acceptors (Lipinski definition) is 5. The van der Waals surface area contributed by atoms with Crippen LogP contribution in [0, 0.1) is 0 Å². The number of oxazole rings is 1. The van der Waals surface area contributed by atoms with Crippen LogP contribution in [-0.2, 0) is 9.31 Å². The van der Waals surface area contributed by atoms with E-state index >= 15 is 0 Å². The SMILES string of the molecule is CC1(C)OB(c2ccc(-c3nc4ccccc4c4nc5oc6ccccc6n5c34)cc2)OC1(C)C. The van der Waals surface area contributed by atoms with E-state index in [-0.39, 0.29) is 11.2 Å². The molecule has 4 heterocycles. The topological polar surface area (TPSA) is 61.8 Å². The fraction of sp³-hybridized carbons (Fsp3) is 0.214. The van der Waals surface area contributed by atoms with Crippen LogP contribution in [0.5, 0.6) is 0 Å². The third-order valence-corrected chi connectivity index (χ3v) is 7.48. The molecule has 3 aromatic carbocycles. The first-order valence-corrected chi connectivity index (χ1v) is 11.9. The largest absolute Gasteiger partial charge is 0.494 e. The molecule has 0 bridgehead atoms. The molecule has 6 nitrogen and oxygen atoms in total. The van der Waals surface area contributed by atoms with Crippen LogP contribution >= 0.6 is 0 Å². The maximum Gasteiger partial charge on any atom is 0.494 e. The van der Waals surface area contributed by atoms with E-state index in [1.165, 1.54) is 0 Å². The van der Waals surface area contributed by atoms with Gasteiger partial charge in [-0.15, -0.1) is 0 Å². The zero-order valence-corrected chi connectivity index (χ0v) is 20.1. The van der Waals surface area contributed by atoms with Gasteiger partial charge in [0.1, 0.15) is 11.0 Å². The van der Waals surface area contributed by atoms with Crippen LogP contribution in [0.4, 0.5) is 0 Å². The summed E-state index contributed by atoms with van der Waals surface area (Å²) in [6.07, 6.45) is 0. The highest BCUT2D eigenvalue weighted by Gasteiger charge is 2.51. The van der Waals surface area contributed by atoms with Crippen LogP contribution in [-0.4, -0.2) is 32.7 Å². The molecule has 7 heteroatoms. The summed E-state index contributed by atoms with van der Waals surface area (Å²) in [7, 11) is -0.405. The van der Waals surface area contributed by atoms with Gasteiger partial charge in [-0.3, -0.25) is 4.40 Å². The summed E-state index contributed by atoms with van der Waals surface area (Å²) in [6.45, 7) is 8.27. The van der Waals surface area contributed by atoms with Crippen molar-refractivity contribution in [3.63, 3.8) is 0 Å². The third kappa shape index (κ3) is 2.92. The van der Waals surface area contributed by atoms with Gasteiger partial charge >= 0.3 is 13.0 Å². The lowest BCUT2D eigenvalue weighted by molar-refractivity contribution is 0.00578. The molecule has 0 N–H and O–H groups in total. The molecule has 0 saturated carbocycles. The van der Waals surface area contributed by atoms with Crippen LogP contribution in [0.25, 0.3) is 50.1 Å². The van der Waals surface area contributed by atoms with Crippen LogP contribution in [0.3, 0.4) is 0 Å². The number of nitrogens with zero attached hydrogens (tertiary/aromatic N) is 3. The highest BCUT2D eigenvalue weighted by atomic mass is 16.7. The number of pyridine rings is 1. The Bertz CT molecular complexity index is 1740. The van der Waals surface area contributed by atoms with Crippen molar-refractivity contribution in [1.29, 1.82) is 0 Å². The lowest BCUT2D eigenvalue weighted by Crippen LogP contribution is -2.41. The van der Waals surface area contributed by atoms with E-state index in [4.69, 9.17) is 23.7 Å². The first-order valence-electron chi connectivity index (χ1n) is 11.9. The Balaban J connectivity index is 1.44. The van der Waals surface area contributed by atoms with Gasteiger partial charge in [0, 0.05) is 10.9 Å². The van der Waals surface area contributed by atoms with Crippen LogP contribution in [0.2, 0.25) is 0 Å². The summed E-state index contributed by atoms with van der Waals surface area (Å²) in [4.78, 5) is 9.99. The zero-order valence-electron chi connectivity index (χ0n) is 20.1. The van der Waals surface area contributed by atoms with Gasteiger partial charge in [-0.2, -0.15) is 4.98 Å². The molecule has 1 saturated heterocycles. The van der Waals surface area contributed by atoms with Gasteiger partial charge in [0.05, 0.1) is 27.9 Å². The van der Waals surface area contributed by atoms with Gasteiger partial charge < -0.3 is 13.7 Å². The van der Waals surface area contributed by atoms with Crippen molar-refractivity contribution < 1.29 is 13.7 Å². The fourth-order valence-electron chi connectivity index (χ4n) is 4.85. The van der Waals surface area contributed by atoms with E-state index in [1.807, 2.05) is 42.5 Å². The molecule has 1 aliphatic heterocycles. The van der Waals surface area contributed by atoms with Gasteiger partial charge in [-0.05, 0) is 51.4 Å². The molecule has 0 aliphatic carbocycles. The monoisotopic (exact) mass is 461 g/mol. The van der Waals surface area contributed by atoms with Gasteiger partial charge in [-0.1, -0.05) is 54.6 Å². The van der Waals surface area contributed by atoms with Crippen molar-refractivity contribution in [3.05, 3.63) is 72.8 Å². The zero-order chi connectivity index (χ0) is 23.9. The summed E-state index contributed by atoms with van der Waals surface area (Å²) in [5.41, 5.74) is 6.56. The Kier molecular flexibility index (Phi) is 4.10. The second-order valence-electron chi connectivity index (χ2n) is 10.2. The number of hydrogen-bond donors (Lipinski definition) is 0. The first-order chi connectivity index (χ1) is 16.8. The lowest BCUT2D eigenvalue weighted by Gasteiger charge is -2.32. The third-order valence-electron chi connectivity index (χ3n) is 7.48. The first kappa shape index (κ1) is 20.7. The van der Waals surface area contributed by atoms with Crippen molar-refractivity contribution in [2.45, 2.75) is 38.9 Å². The van der Waals surface area contributed by atoms with Crippen molar-refractivity contribution in [3.8, 4) is 11.3 Å². The molecule has 1 aliphatic rings. The predicted molar refractivity (Wildman–Crippen MR) is 139 cm³/mol. The highest BCUT2D eigenvalue weighted by Crippen LogP contribution is 2.38. The molecule has 0 unspecified atom stereocenters. The number of fused-ring (bicyclic) bond motifs is 7. The summed E-state index contributed by atoms with van der Waals surface area (Å²) in [6, 6.07) is 24.4. The molecule has 3 aromatic heterocycles. The molecule has 35 heavy (non-hydrogen) atoms. The van der Waals surface area contributed by atoms with E-state index in [9.17, 15) is 0 Å². The molecule has 0 radical (unpaired) electrons. The van der Waals surface area contributed by atoms with Crippen molar-refractivity contribution >= 4 is 51.5 Å². The number of imidazole rings is 1. The van der Waals surface area contributed by atoms with E-state index in [0.717, 1.165) is 49.8 Å². The quantitative estimate of drug-likeness (QED) is 0.308. The summed E-state index contributed by atoms with van der Waals surface area (Å²) in [5.74, 6) is 0.564. The van der Waals surface area contributed by atoms with Gasteiger partial charge in [-0.25, -0.2) is 4.98 Å². The smallest absolute Gasteiger partial charge is 0.423 e. The Morgan fingerprint density at radius 2 is 1.46 bits per heavy atom. The minimum Gasteiger partial charge on any atom is -0.423 e. The van der Waals surface area contributed by atoms with E-state index in [0.29, 0.717) is 5.84 Å². The lowest BCUT2D eigenvalue weighted by atomic mass is 9.78. The Morgan fingerprint density at radius 3 is 2.23 bits per heavy atom. The molecule has 0 atom stereocenters. The van der Waals surface area contributed by atoms with Crippen LogP contribution < -0.4 is 5.46 Å². The maximum atomic E-state index is 6.24. The second kappa shape index (κ2) is 6.93. The highest BCUT2D eigenvalue weighted by molar-refractivity contribution is 6.62. The van der Waals surface area contributed by atoms with Crippen molar-refractivity contribution in [2.24, 2.45) is 0 Å². The van der Waals surface area contributed by atoms with Crippen LogP contribution in [0.15, 0.2) is 77.2 Å². The Hall–Kier alpha value is -3.68. The van der Waals surface area contributed by atoms with E-state index < -0.39 is 7.12 Å². The summed E-state index contributed by atoms with van der Waals surface area (Å²) in [5, 5.41) is 1.00. The maximum absolute atomic E-state index is 6.24. The molecule has 1 fully saturated rings. The normalized spacial score (nSPS) is 17.3. The van der Waals surface area contributed by atoms with E-state index in [2.05, 4.69) is 62.4 Å². The van der Waals surface area contributed by atoms with Crippen LogP contribution in [0.1, 0.15) is 27.7 Å². The number of rotatable bonds is 2. The van der Waals surface area contributed by atoms with Crippen molar-refractivity contribution in [2.75, 3.05) is 0 Å². The molecule has 0 amide bonds. The fourth-order valence-corrected chi connectivity index (χ4v) is 4.85. The summed E-state index contributed by atoms with van der Waals surface area (Å²) < 4.78 is 20.6. The van der Waals surface area contributed by atoms with E-state index in [1.54, 1.807) is 0 Å². The summed E-state index contributed by atoms with van der Waals surface area (Å²) >= 11 is 0. The molecule has 6 aromatic rings. The second-order valence-corrected chi connectivity index (χ2v) is 10.2. The average Bonchev–Trinajstić information content (AvgIpc) is 3.46. The number of para-hydroxylation sites is 3. The van der Waals surface area contributed by atoms with Gasteiger partial charge in [0.25, 0.3) is 0 Å². The number of benzene rings is 3. The molecule has 7 rings (SSSR count). The molecule has 0 spiro atoms. The predicted octanol–water partition coefficient (Wildman–Crippen LogP) is 5.75. The van der Waals surface area contributed by atoms with Gasteiger partial charge in [0.2, 0.25) is 0 Å². The number of aromatic nitrogens is 3. The molecular weight excluding hydrogens is 437 g/mol. The Morgan fingerprint density at radius 1 is 0.771 bits per heavy atom. The standard InChI is InChI=1S/C28H24BN3O3/c1-27(2)28(3,4)35-29(34-27)18-15-13-17(14-16-18)23-25-24(19-9-5-6-10-20(19)30-23)31-26-32(25)21-11-7-8-12-22(21)33-26/h5-16H,1-4H3. The van der Waals surface area contributed by atoms with Crippen molar-refractivity contribution in [1.82, 2.24) is 14.4 Å². The molecular formula is C28H24BN3O3. The minimum absolute atomic E-state index is 0.381. The minimum atomic E-state index is -0.405. The average molecular weight is 461 g/mol.